The highest BCUT2D eigenvalue weighted by molar-refractivity contribution is 7.92. The number of carbonyl (C=O) groups excluding carboxylic acids is 3. The van der Waals surface area contributed by atoms with E-state index in [1.54, 1.807) is 11.8 Å². The van der Waals surface area contributed by atoms with E-state index in [9.17, 15) is 22.8 Å². The summed E-state index contributed by atoms with van der Waals surface area (Å²) in [5, 5.41) is 0. The summed E-state index contributed by atoms with van der Waals surface area (Å²) in [7, 11) is -1.76. The first-order valence-corrected chi connectivity index (χ1v) is 12.1. The highest BCUT2D eigenvalue weighted by Gasteiger charge is 2.24. The number of nitrogens with zero attached hydrogens (tertiary/aromatic N) is 1. The van der Waals surface area contributed by atoms with Crippen LogP contribution in [0.25, 0.3) is 0 Å². The van der Waals surface area contributed by atoms with Crippen molar-refractivity contribution in [3.8, 4) is 5.75 Å². The molecule has 12 heteroatoms. The predicted octanol–water partition coefficient (Wildman–Crippen LogP) is 1.69. The minimum Gasteiger partial charge on any atom is -0.481 e. The van der Waals surface area contributed by atoms with Crippen molar-refractivity contribution in [3.05, 3.63) is 53.6 Å². The van der Waals surface area contributed by atoms with E-state index in [1.807, 2.05) is 0 Å². The molecular weight excluding hydrogens is 480 g/mol. The van der Waals surface area contributed by atoms with Crippen molar-refractivity contribution in [3.63, 3.8) is 0 Å². The van der Waals surface area contributed by atoms with Gasteiger partial charge in [-0.2, -0.15) is 0 Å². The summed E-state index contributed by atoms with van der Waals surface area (Å²) in [4.78, 5) is 37.9. The van der Waals surface area contributed by atoms with Gasteiger partial charge in [-0.05, 0) is 49.4 Å². The highest BCUT2D eigenvalue weighted by Crippen LogP contribution is 2.23. The van der Waals surface area contributed by atoms with Crippen molar-refractivity contribution in [1.82, 2.24) is 4.90 Å². The summed E-state index contributed by atoms with van der Waals surface area (Å²) >= 11 is 0. The second-order valence-electron chi connectivity index (χ2n) is 7.56. The van der Waals surface area contributed by atoms with Gasteiger partial charge in [0.2, 0.25) is 0 Å². The van der Waals surface area contributed by atoms with Crippen LogP contribution < -0.4 is 9.46 Å². The molecule has 1 aliphatic heterocycles. The number of anilines is 1. The fraction of sp³-hybridized carbons (Fsp3) is 0.348. The third-order valence-electron chi connectivity index (χ3n) is 5.14. The van der Waals surface area contributed by atoms with E-state index in [4.69, 9.17) is 9.47 Å². The van der Waals surface area contributed by atoms with Crippen molar-refractivity contribution >= 4 is 33.6 Å². The van der Waals surface area contributed by atoms with Crippen LogP contribution in [0.1, 0.15) is 27.6 Å². The van der Waals surface area contributed by atoms with Crippen molar-refractivity contribution in [2.24, 2.45) is 0 Å². The molecule has 1 amide bonds. The Kier molecular flexibility index (Phi) is 8.30. The van der Waals surface area contributed by atoms with Crippen molar-refractivity contribution in [2.45, 2.75) is 17.9 Å². The van der Waals surface area contributed by atoms with Crippen LogP contribution in [0.5, 0.6) is 5.75 Å². The number of morpholine rings is 1. The molecule has 1 aliphatic rings. The smallest absolute Gasteiger partial charge is 0.337 e. The molecule has 11 nitrogen and oxygen atoms in total. The molecule has 0 aliphatic carbocycles. The molecule has 2 aromatic rings. The molecule has 1 N–H and O–H groups in total. The van der Waals surface area contributed by atoms with Crippen LogP contribution >= 0.6 is 0 Å². The summed E-state index contributed by atoms with van der Waals surface area (Å²) in [6, 6.07) is 9.22. The molecule has 0 saturated carbocycles. The minimum absolute atomic E-state index is 0.0293. The number of hydrogen-bond donors (Lipinski definition) is 1. The SMILES string of the molecule is COC(=O)c1cc(NS(=O)(=O)c2ccc(O[C@@H](C)C(=O)N3CCOCC3)cc2)cc(C(=O)OC)c1. The third kappa shape index (κ3) is 6.49. The molecule has 1 atom stereocenters. The van der Waals surface area contributed by atoms with E-state index < -0.39 is 28.1 Å². The average molecular weight is 507 g/mol. The van der Waals surface area contributed by atoms with Crippen LogP contribution in [0, 0.1) is 0 Å². The summed E-state index contributed by atoms with van der Waals surface area (Å²) in [6.45, 7) is 3.55. The fourth-order valence-corrected chi connectivity index (χ4v) is 4.41. The fourth-order valence-electron chi connectivity index (χ4n) is 3.36. The highest BCUT2D eigenvalue weighted by atomic mass is 32.2. The maximum Gasteiger partial charge on any atom is 0.337 e. The predicted molar refractivity (Wildman–Crippen MR) is 124 cm³/mol. The molecule has 3 rings (SSSR count). The lowest BCUT2D eigenvalue weighted by Gasteiger charge is -2.29. The molecule has 2 aromatic carbocycles. The number of methoxy groups -OCH3 is 2. The van der Waals surface area contributed by atoms with Gasteiger partial charge in [0, 0.05) is 13.1 Å². The van der Waals surface area contributed by atoms with Crippen LogP contribution in [-0.4, -0.2) is 77.8 Å². The van der Waals surface area contributed by atoms with Gasteiger partial charge in [0.1, 0.15) is 5.75 Å². The van der Waals surface area contributed by atoms with Crippen LogP contribution in [-0.2, 0) is 29.0 Å². The number of carbonyl (C=O) groups is 3. The second-order valence-corrected chi connectivity index (χ2v) is 9.24. The van der Waals surface area contributed by atoms with Gasteiger partial charge in [-0.25, -0.2) is 18.0 Å². The van der Waals surface area contributed by atoms with E-state index in [1.165, 1.54) is 42.5 Å². The van der Waals surface area contributed by atoms with E-state index in [0.717, 1.165) is 14.2 Å². The lowest BCUT2D eigenvalue weighted by molar-refractivity contribution is -0.142. The number of ether oxygens (including phenoxy) is 4. The van der Waals surface area contributed by atoms with Gasteiger partial charge in [0.25, 0.3) is 15.9 Å². The van der Waals surface area contributed by atoms with Gasteiger partial charge in [-0.1, -0.05) is 0 Å². The normalized spacial score (nSPS) is 14.5. The molecule has 0 radical (unpaired) electrons. The number of hydrogen-bond acceptors (Lipinski definition) is 9. The Hall–Kier alpha value is -3.64. The Morgan fingerprint density at radius 1 is 0.943 bits per heavy atom. The van der Waals surface area contributed by atoms with Crippen LogP contribution in [0.4, 0.5) is 5.69 Å². The molecule has 1 fully saturated rings. The summed E-state index contributed by atoms with van der Waals surface area (Å²) in [5.74, 6) is -1.37. The zero-order chi connectivity index (χ0) is 25.6. The Bertz CT molecular complexity index is 1160. The summed E-state index contributed by atoms with van der Waals surface area (Å²) in [5.41, 5.74) is -0.0927. The van der Waals surface area contributed by atoms with Crippen molar-refractivity contribution in [1.29, 1.82) is 0 Å². The van der Waals surface area contributed by atoms with Gasteiger partial charge < -0.3 is 23.8 Å². The largest absolute Gasteiger partial charge is 0.481 e. The Labute approximate surface area is 203 Å². The Morgan fingerprint density at radius 2 is 1.49 bits per heavy atom. The standard InChI is InChI=1S/C23H26N2O9S/c1-15(21(26)25-8-10-33-11-9-25)34-19-4-6-20(7-5-19)35(29,30)24-18-13-16(22(27)31-2)12-17(14-18)23(28)32-3/h4-7,12-15,24H,8-11H2,1-3H3/t15-/m0/s1. The number of amides is 1. The molecule has 188 valence electrons. The molecule has 0 bridgehead atoms. The second kappa shape index (κ2) is 11.2. The van der Waals surface area contributed by atoms with Gasteiger partial charge in [0.05, 0.1) is 49.1 Å². The Balaban J connectivity index is 1.75. The molecule has 1 heterocycles. The first-order chi connectivity index (χ1) is 16.6. The zero-order valence-corrected chi connectivity index (χ0v) is 20.3. The van der Waals surface area contributed by atoms with Crippen molar-refractivity contribution < 1.29 is 41.7 Å². The molecule has 0 unspecified atom stereocenters. The monoisotopic (exact) mass is 506 g/mol. The van der Waals surface area contributed by atoms with Crippen LogP contribution in [0.2, 0.25) is 0 Å². The third-order valence-corrected chi connectivity index (χ3v) is 6.54. The molecule has 0 aromatic heterocycles. The minimum atomic E-state index is -4.09. The van der Waals surface area contributed by atoms with E-state index in [0.29, 0.717) is 32.1 Å². The molecule has 0 spiro atoms. The van der Waals surface area contributed by atoms with Crippen LogP contribution in [0.3, 0.4) is 0 Å². The number of sulfonamides is 1. The zero-order valence-electron chi connectivity index (χ0n) is 19.5. The molecule has 1 saturated heterocycles. The summed E-state index contributed by atoms with van der Waals surface area (Å²) < 4.78 is 48.4. The quantitative estimate of drug-likeness (QED) is 0.530. The maximum atomic E-state index is 12.9. The van der Waals surface area contributed by atoms with Crippen LogP contribution in [0.15, 0.2) is 47.4 Å². The number of nitrogens with one attached hydrogen (secondary N) is 1. The van der Waals surface area contributed by atoms with E-state index in [-0.39, 0.29) is 27.6 Å². The number of rotatable bonds is 8. The first kappa shape index (κ1) is 26.0. The number of benzene rings is 2. The number of esters is 2. The topological polar surface area (TPSA) is 138 Å². The molecule has 35 heavy (non-hydrogen) atoms. The first-order valence-electron chi connectivity index (χ1n) is 10.6. The molecular formula is C23H26N2O9S. The van der Waals surface area contributed by atoms with Gasteiger partial charge in [-0.3, -0.25) is 9.52 Å². The van der Waals surface area contributed by atoms with Crippen molar-refractivity contribution in [2.75, 3.05) is 45.2 Å². The van der Waals surface area contributed by atoms with E-state index >= 15 is 0 Å². The van der Waals surface area contributed by atoms with Gasteiger partial charge >= 0.3 is 11.9 Å². The average Bonchev–Trinajstić information content (AvgIpc) is 2.87. The lowest BCUT2D eigenvalue weighted by Crippen LogP contribution is -2.46. The maximum absolute atomic E-state index is 12.9. The Morgan fingerprint density at radius 3 is 2.00 bits per heavy atom. The van der Waals surface area contributed by atoms with Gasteiger partial charge in [-0.15, -0.1) is 0 Å². The van der Waals surface area contributed by atoms with Gasteiger partial charge in [0.15, 0.2) is 6.10 Å². The summed E-state index contributed by atoms with van der Waals surface area (Å²) in [6.07, 6.45) is -0.758. The van der Waals surface area contributed by atoms with E-state index in [2.05, 4.69) is 14.2 Å². The lowest BCUT2D eigenvalue weighted by atomic mass is 10.1.